The first-order chi connectivity index (χ1) is 17.7. The van der Waals surface area contributed by atoms with Crippen molar-refractivity contribution in [3.8, 4) is 11.5 Å². The fraction of sp³-hybridized carbons (Fsp3) is 0.133. The molecule has 0 aliphatic rings. The molecule has 0 atom stereocenters. The average Bonchev–Trinajstić information content (AvgIpc) is 2.92. The summed E-state index contributed by atoms with van der Waals surface area (Å²) in [4.78, 5) is 25.1. The number of carbonyl (C=O) groups excluding carboxylic acids is 2. The molecule has 2 N–H and O–H groups in total. The molecule has 0 unspecified atom stereocenters. The molecule has 4 aromatic rings. The van der Waals surface area contributed by atoms with Crippen LogP contribution in [0.1, 0.15) is 22.3 Å². The van der Waals surface area contributed by atoms with Gasteiger partial charge in [-0.15, -0.1) is 0 Å². The highest BCUT2D eigenvalue weighted by atomic mass is 16.5. The predicted molar refractivity (Wildman–Crippen MR) is 142 cm³/mol. The zero-order chi connectivity index (χ0) is 25.0. The molecular formula is C30H28N2O4. The Morgan fingerprint density at radius 1 is 0.611 bits per heavy atom. The summed E-state index contributed by atoms with van der Waals surface area (Å²) in [6.07, 6.45) is 1.08. The molecule has 4 aromatic carbocycles. The largest absolute Gasteiger partial charge is 0.490 e. The lowest BCUT2D eigenvalue weighted by Crippen LogP contribution is -2.16. The topological polar surface area (TPSA) is 76.7 Å². The maximum atomic E-state index is 12.9. The smallest absolute Gasteiger partial charge is 0.259 e. The molecule has 0 bridgehead atoms. The van der Waals surface area contributed by atoms with E-state index in [4.69, 9.17) is 9.47 Å². The maximum Gasteiger partial charge on any atom is 0.259 e. The van der Waals surface area contributed by atoms with Crippen molar-refractivity contribution in [3.05, 3.63) is 120 Å². The minimum atomic E-state index is -0.283. The van der Waals surface area contributed by atoms with Crippen molar-refractivity contribution in [1.82, 2.24) is 0 Å². The number of amides is 2. The average molecular weight is 481 g/mol. The first-order valence-electron chi connectivity index (χ1n) is 11.8. The summed E-state index contributed by atoms with van der Waals surface area (Å²) < 4.78 is 11.4. The zero-order valence-corrected chi connectivity index (χ0v) is 19.9. The lowest BCUT2D eigenvalue weighted by Gasteiger charge is -2.13. The molecule has 182 valence electrons. The summed E-state index contributed by atoms with van der Waals surface area (Å²) in [5.41, 5.74) is 2.84. The number of aryl methyl sites for hydroxylation is 1. The van der Waals surface area contributed by atoms with Gasteiger partial charge < -0.3 is 20.1 Å². The van der Waals surface area contributed by atoms with Crippen LogP contribution >= 0.6 is 0 Å². The molecule has 4 rings (SSSR count). The van der Waals surface area contributed by atoms with Gasteiger partial charge in [0.05, 0.1) is 5.56 Å². The molecule has 2 amide bonds. The third-order valence-corrected chi connectivity index (χ3v) is 5.39. The molecule has 0 radical (unpaired) electrons. The summed E-state index contributed by atoms with van der Waals surface area (Å²) in [6, 6.07) is 33.5. The van der Waals surface area contributed by atoms with Gasteiger partial charge in [0.2, 0.25) is 5.91 Å². The predicted octanol–water partition coefficient (Wildman–Crippen LogP) is 5.97. The van der Waals surface area contributed by atoms with Crippen LogP contribution in [0.2, 0.25) is 0 Å². The molecule has 0 fully saturated rings. The fourth-order valence-electron chi connectivity index (χ4n) is 3.57. The van der Waals surface area contributed by atoms with Gasteiger partial charge in [0.25, 0.3) is 5.91 Å². The number of ether oxygens (including phenoxy) is 2. The van der Waals surface area contributed by atoms with Gasteiger partial charge in [0.15, 0.2) is 0 Å². The van der Waals surface area contributed by atoms with E-state index in [1.54, 1.807) is 42.5 Å². The summed E-state index contributed by atoms with van der Waals surface area (Å²) in [7, 11) is 0. The van der Waals surface area contributed by atoms with Gasteiger partial charge in [-0.2, -0.15) is 0 Å². The van der Waals surface area contributed by atoms with Crippen molar-refractivity contribution in [3.63, 3.8) is 0 Å². The van der Waals surface area contributed by atoms with Gasteiger partial charge in [-0.05, 0) is 60.5 Å². The van der Waals surface area contributed by atoms with E-state index in [0.29, 0.717) is 48.7 Å². The van der Waals surface area contributed by atoms with E-state index < -0.39 is 0 Å². The summed E-state index contributed by atoms with van der Waals surface area (Å²) in [6.45, 7) is 0.663. The van der Waals surface area contributed by atoms with Crippen LogP contribution in [-0.4, -0.2) is 25.0 Å². The number of hydrogen-bond donors (Lipinski definition) is 2. The van der Waals surface area contributed by atoms with Crippen LogP contribution in [-0.2, 0) is 11.2 Å². The Hall–Kier alpha value is -4.58. The number of para-hydroxylation sites is 2. The van der Waals surface area contributed by atoms with Gasteiger partial charge in [0.1, 0.15) is 24.7 Å². The zero-order valence-electron chi connectivity index (χ0n) is 19.9. The van der Waals surface area contributed by atoms with Crippen LogP contribution in [0, 0.1) is 0 Å². The first-order valence-corrected chi connectivity index (χ1v) is 11.8. The number of anilines is 2. The number of hydrogen-bond acceptors (Lipinski definition) is 4. The highest BCUT2D eigenvalue weighted by Crippen LogP contribution is 2.21. The number of carbonyl (C=O) groups is 2. The first kappa shape index (κ1) is 24.5. The molecule has 0 aliphatic heterocycles. The highest BCUT2D eigenvalue weighted by Gasteiger charge is 2.13. The molecule has 0 saturated heterocycles. The Kier molecular flexibility index (Phi) is 8.70. The van der Waals surface area contributed by atoms with Crippen LogP contribution in [0.4, 0.5) is 11.4 Å². The Balaban J connectivity index is 1.26. The Bertz CT molecular complexity index is 1260. The van der Waals surface area contributed by atoms with E-state index >= 15 is 0 Å². The van der Waals surface area contributed by atoms with Crippen molar-refractivity contribution < 1.29 is 19.1 Å². The molecule has 0 aromatic heterocycles. The van der Waals surface area contributed by atoms with Crippen molar-refractivity contribution in [2.45, 2.75) is 12.8 Å². The van der Waals surface area contributed by atoms with Crippen molar-refractivity contribution in [1.29, 1.82) is 0 Å². The second-order valence-electron chi connectivity index (χ2n) is 8.07. The lowest BCUT2D eigenvalue weighted by molar-refractivity contribution is -0.116. The van der Waals surface area contributed by atoms with E-state index in [9.17, 15) is 9.59 Å². The minimum absolute atomic E-state index is 0.0574. The van der Waals surface area contributed by atoms with E-state index in [2.05, 4.69) is 10.6 Å². The monoisotopic (exact) mass is 480 g/mol. The maximum absolute atomic E-state index is 12.9. The third kappa shape index (κ3) is 7.46. The second-order valence-corrected chi connectivity index (χ2v) is 8.07. The normalized spacial score (nSPS) is 10.3. The van der Waals surface area contributed by atoms with Crippen LogP contribution in [0.3, 0.4) is 0 Å². The van der Waals surface area contributed by atoms with Gasteiger partial charge in [0, 0.05) is 17.8 Å². The van der Waals surface area contributed by atoms with Crippen LogP contribution in [0.15, 0.2) is 109 Å². The molecule has 0 saturated carbocycles. The molecule has 0 heterocycles. The quantitative estimate of drug-likeness (QED) is 0.259. The number of nitrogens with one attached hydrogen (secondary N) is 2. The van der Waals surface area contributed by atoms with Crippen LogP contribution in [0.5, 0.6) is 11.5 Å². The molecule has 6 nitrogen and oxygen atoms in total. The molecule has 0 aliphatic carbocycles. The molecule has 6 heteroatoms. The van der Waals surface area contributed by atoms with Crippen molar-refractivity contribution >= 4 is 23.2 Å². The van der Waals surface area contributed by atoms with E-state index in [-0.39, 0.29) is 11.8 Å². The third-order valence-electron chi connectivity index (χ3n) is 5.39. The number of rotatable bonds is 11. The number of benzene rings is 4. The lowest BCUT2D eigenvalue weighted by atomic mass is 10.1. The molecule has 0 spiro atoms. The highest BCUT2D eigenvalue weighted by molar-refractivity contribution is 6.06. The fourth-order valence-corrected chi connectivity index (χ4v) is 3.57. The second kappa shape index (κ2) is 12.8. The van der Waals surface area contributed by atoms with Crippen molar-refractivity contribution in [2.24, 2.45) is 0 Å². The van der Waals surface area contributed by atoms with E-state index in [1.165, 1.54) is 0 Å². The van der Waals surface area contributed by atoms with Gasteiger partial charge in [-0.25, -0.2) is 0 Å². The minimum Gasteiger partial charge on any atom is -0.490 e. The van der Waals surface area contributed by atoms with Crippen molar-refractivity contribution in [2.75, 3.05) is 23.8 Å². The van der Waals surface area contributed by atoms with E-state index in [0.717, 1.165) is 11.3 Å². The van der Waals surface area contributed by atoms with Crippen LogP contribution < -0.4 is 20.1 Å². The van der Waals surface area contributed by atoms with Crippen LogP contribution in [0.25, 0.3) is 0 Å². The Labute approximate surface area is 210 Å². The summed E-state index contributed by atoms with van der Waals surface area (Å²) in [5, 5.41) is 5.77. The molecular weight excluding hydrogens is 452 g/mol. The Morgan fingerprint density at radius 3 is 1.92 bits per heavy atom. The van der Waals surface area contributed by atoms with E-state index in [1.807, 2.05) is 66.7 Å². The standard InChI is InChI=1S/C30H28N2O4/c33-29(20-15-23-9-3-1-4-10-23)31-24-16-18-25(19-17-24)32-30(34)27-13-7-8-14-28(27)36-22-21-35-26-11-5-2-6-12-26/h1-14,16-19H,15,20-22H2,(H,31,33)(H,32,34). The van der Waals surface area contributed by atoms with Gasteiger partial charge in [-0.3, -0.25) is 9.59 Å². The Morgan fingerprint density at radius 2 is 1.19 bits per heavy atom. The summed E-state index contributed by atoms with van der Waals surface area (Å²) in [5.74, 6) is 0.907. The molecule has 36 heavy (non-hydrogen) atoms. The van der Waals surface area contributed by atoms with Gasteiger partial charge in [-0.1, -0.05) is 60.7 Å². The van der Waals surface area contributed by atoms with Gasteiger partial charge >= 0.3 is 0 Å². The SMILES string of the molecule is O=C(CCc1ccccc1)Nc1ccc(NC(=O)c2ccccc2OCCOc2ccccc2)cc1. The summed E-state index contributed by atoms with van der Waals surface area (Å²) >= 11 is 0.